The molecule has 1 unspecified atom stereocenters. The summed E-state index contributed by atoms with van der Waals surface area (Å²) in [5, 5.41) is 2.84. The van der Waals surface area contributed by atoms with E-state index in [2.05, 4.69) is 39.9 Å². The Labute approximate surface area is 172 Å². The van der Waals surface area contributed by atoms with Crippen molar-refractivity contribution in [2.45, 2.75) is 81.2 Å². The van der Waals surface area contributed by atoms with Crippen LogP contribution in [0.1, 0.15) is 74.3 Å². The molecule has 0 radical (unpaired) electrons. The lowest BCUT2D eigenvalue weighted by Gasteiger charge is -2.32. The molecule has 0 saturated heterocycles. The number of carbonyl (C=O) groups is 2. The molecule has 28 heavy (non-hydrogen) atoms. The lowest BCUT2D eigenvalue weighted by Crippen LogP contribution is -2.45. The van der Waals surface area contributed by atoms with Crippen LogP contribution < -0.4 is 5.32 Å². The molecule has 0 aromatic heterocycles. The van der Waals surface area contributed by atoms with Crippen LogP contribution in [0, 0.1) is 16.7 Å². The van der Waals surface area contributed by atoms with E-state index in [0.717, 1.165) is 12.0 Å². The smallest absolute Gasteiger partial charge is 0.329 e. The van der Waals surface area contributed by atoms with Gasteiger partial charge in [-0.1, -0.05) is 92.6 Å². The molecule has 0 aliphatic rings. The van der Waals surface area contributed by atoms with E-state index in [1.807, 2.05) is 58.0 Å². The highest BCUT2D eigenvalue weighted by Crippen LogP contribution is 2.33. The summed E-state index contributed by atoms with van der Waals surface area (Å²) in [6.45, 7) is 18.7. The highest BCUT2D eigenvalue weighted by molar-refractivity contribution is 5.85. The van der Waals surface area contributed by atoms with Crippen LogP contribution >= 0.6 is 0 Å². The Hall–Kier alpha value is -1.84. The van der Waals surface area contributed by atoms with Crippen LogP contribution in [0.4, 0.5) is 0 Å². The first kappa shape index (κ1) is 26.2. The second-order valence-electron chi connectivity index (χ2n) is 9.41. The van der Waals surface area contributed by atoms with Gasteiger partial charge >= 0.3 is 5.97 Å². The number of esters is 1. The van der Waals surface area contributed by atoms with Crippen LogP contribution in [0.2, 0.25) is 0 Å². The summed E-state index contributed by atoms with van der Waals surface area (Å²) >= 11 is 0. The molecular formula is C24H41NO3. The number of hydrogen-bond donors (Lipinski definition) is 1. The Kier molecular flexibility index (Phi) is 11.1. The van der Waals surface area contributed by atoms with Gasteiger partial charge in [-0.05, 0) is 22.8 Å². The van der Waals surface area contributed by atoms with E-state index >= 15 is 0 Å². The average molecular weight is 392 g/mol. The van der Waals surface area contributed by atoms with Crippen LogP contribution in [0.25, 0.3) is 0 Å². The van der Waals surface area contributed by atoms with Gasteiger partial charge in [-0.3, -0.25) is 4.79 Å². The second-order valence-corrected chi connectivity index (χ2v) is 9.41. The average Bonchev–Trinajstić information content (AvgIpc) is 2.59. The fourth-order valence-corrected chi connectivity index (χ4v) is 3.24. The summed E-state index contributed by atoms with van der Waals surface area (Å²) in [5.74, 6) is -0.694. The zero-order valence-corrected chi connectivity index (χ0v) is 19.4. The second kappa shape index (κ2) is 11.9. The molecule has 4 nitrogen and oxygen atoms in total. The number of carbonyl (C=O) groups excluding carboxylic acids is 2. The maximum absolute atomic E-state index is 12.7. The van der Waals surface area contributed by atoms with Crippen molar-refractivity contribution >= 4 is 11.9 Å². The van der Waals surface area contributed by atoms with Crippen LogP contribution in [-0.4, -0.2) is 24.5 Å². The van der Waals surface area contributed by atoms with Gasteiger partial charge in [-0.15, -0.1) is 0 Å². The molecule has 0 spiro atoms. The topological polar surface area (TPSA) is 55.4 Å². The van der Waals surface area contributed by atoms with E-state index in [1.165, 1.54) is 0 Å². The molecule has 160 valence electrons. The van der Waals surface area contributed by atoms with Crippen molar-refractivity contribution in [3.63, 3.8) is 0 Å². The van der Waals surface area contributed by atoms with Crippen molar-refractivity contribution < 1.29 is 14.3 Å². The number of nitrogens with one attached hydrogen (secondary N) is 1. The third-order valence-corrected chi connectivity index (χ3v) is 4.02. The number of benzene rings is 1. The van der Waals surface area contributed by atoms with Gasteiger partial charge in [-0.2, -0.15) is 0 Å². The van der Waals surface area contributed by atoms with Crippen LogP contribution in [0.5, 0.6) is 0 Å². The van der Waals surface area contributed by atoms with Crippen LogP contribution in [0.15, 0.2) is 30.3 Å². The summed E-state index contributed by atoms with van der Waals surface area (Å²) in [6.07, 6.45) is 1.37. The number of rotatable bonds is 8. The maximum atomic E-state index is 12.7. The van der Waals surface area contributed by atoms with Crippen molar-refractivity contribution in [2.75, 3.05) is 6.61 Å². The molecular weight excluding hydrogens is 350 g/mol. The summed E-state index contributed by atoms with van der Waals surface area (Å²) < 4.78 is 5.61. The minimum Gasteiger partial charge on any atom is -0.464 e. The van der Waals surface area contributed by atoms with Crippen molar-refractivity contribution in [1.82, 2.24) is 5.32 Å². The van der Waals surface area contributed by atoms with E-state index < -0.39 is 6.04 Å². The molecule has 1 N–H and O–H groups in total. The predicted octanol–water partition coefficient (Wildman–Crippen LogP) is 5.40. The predicted molar refractivity (Wildman–Crippen MR) is 117 cm³/mol. The monoisotopic (exact) mass is 391 g/mol. The first-order valence-electron chi connectivity index (χ1n) is 10.4. The highest BCUT2D eigenvalue weighted by Gasteiger charge is 2.29. The molecule has 1 aromatic rings. The standard InChI is InChI=1S/C22H35NO3.C2H6/c1-16(2)19(24)23-18(13-17-11-9-8-10-12-17)20(25)26-15-22(6,7)14-21(3,4)5;1-2/h8-12,16,18H,13-15H2,1-7H3,(H,23,24);1-2H3. The van der Waals surface area contributed by atoms with Crippen molar-refractivity contribution in [3.05, 3.63) is 35.9 Å². The molecule has 0 aliphatic carbocycles. The fourth-order valence-electron chi connectivity index (χ4n) is 3.24. The molecule has 4 heteroatoms. The van der Waals surface area contributed by atoms with Gasteiger partial charge in [0.05, 0.1) is 6.61 Å². The largest absolute Gasteiger partial charge is 0.464 e. The van der Waals surface area contributed by atoms with Crippen molar-refractivity contribution in [3.8, 4) is 0 Å². The van der Waals surface area contributed by atoms with Crippen molar-refractivity contribution in [2.24, 2.45) is 16.7 Å². The van der Waals surface area contributed by atoms with Gasteiger partial charge in [0.15, 0.2) is 0 Å². The van der Waals surface area contributed by atoms with E-state index in [4.69, 9.17) is 4.74 Å². The Balaban J connectivity index is 0.00000352. The van der Waals surface area contributed by atoms with Gasteiger partial charge in [0, 0.05) is 12.3 Å². The zero-order chi connectivity index (χ0) is 22.0. The minimum atomic E-state index is -0.669. The Morgan fingerprint density at radius 3 is 2.00 bits per heavy atom. The third-order valence-electron chi connectivity index (χ3n) is 4.02. The summed E-state index contributed by atoms with van der Waals surface area (Å²) in [7, 11) is 0. The van der Waals surface area contributed by atoms with Crippen LogP contribution in [0.3, 0.4) is 0 Å². The van der Waals surface area contributed by atoms with E-state index in [0.29, 0.717) is 13.0 Å². The summed E-state index contributed by atoms with van der Waals surface area (Å²) in [5.41, 5.74) is 1.03. The molecule has 0 aliphatic heterocycles. The molecule has 0 bridgehead atoms. The van der Waals surface area contributed by atoms with Gasteiger partial charge in [0.25, 0.3) is 0 Å². The lowest BCUT2D eigenvalue weighted by atomic mass is 9.77. The fraction of sp³-hybridized carbons (Fsp3) is 0.667. The zero-order valence-electron chi connectivity index (χ0n) is 19.4. The Morgan fingerprint density at radius 2 is 1.54 bits per heavy atom. The first-order valence-corrected chi connectivity index (χ1v) is 10.4. The van der Waals surface area contributed by atoms with Crippen molar-refractivity contribution in [1.29, 1.82) is 0 Å². The Bertz CT molecular complexity index is 586. The van der Waals surface area contributed by atoms with E-state index in [9.17, 15) is 9.59 Å². The number of hydrogen-bond acceptors (Lipinski definition) is 3. The van der Waals surface area contributed by atoms with Gasteiger partial charge < -0.3 is 10.1 Å². The SMILES string of the molecule is CC.CC(C)C(=O)NC(Cc1ccccc1)C(=O)OCC(C)(C)CC(C)(C)C. The quantitative estimate of drug-likeness (QED) is 0.604. The van der Waals surface area contributed by atoms with E-state index in [1.54, 1.807) is 0 Å². The molecule has 0 saturated carbocycles. The van der Waals surface area contributed by atoms with Crippen LogP contribution in [-0.2, 0) is 20.7 Å². The van der Waals surface area contributed by atoms with Gasteiger partial charge in [0.2, 0.25) is 5.91 Å². The molecule has 1 aromatic carbocycles. The highest BCUT2D eigenvalue weighted by atomic mass is 16.5. The van der Waals surface area contributed by atoms with E-state index in [-0.39, 0.29) is 28.6 Å². The van der Waals surface area contributed by atoms with Gasteiger partial charge in [0.1, 0.15) is 6.04 Å². The first-order chi connectivity index (χ1) is 12.9. The van der Waals surface area contributed by atoms with Gasteiger partial charge in [-0.25, -0.2) is 4.79 Å². The summed E-state index contributed by atoms with van der Waals surface area (Å²) in [6, 6.07) is 9.01. The Morgan fingerprint density at radius 1 is 1.00 bits per heavy atom. The lowest BCUT2D eigenvalue weighted by molar-refractivity contribution is -0.151. The molecule has 1 rings (SSSR count). The molecule has 0 fully saturated rings. The molecule has 1 amide bonds. The minimum absolute atomic E-state index is 0.118. The number of ether oxygens (including phenoxy) is 1. The maximum Gasteiger partial charge on any atom is 0.329 e. The number of amides is 1. The molecule has 1 atom stereocenters. The normalized spacial score (nSPS) is 12.6. The summed E-state index contributed by atoms with van der Waals surface area (Å²) in [4.78, 5) is 24.8. The third kappa shape index (κ3) is 11.1. The molecule has 0 heterocycles.